The van der Waals surface area contributed by atoms with Gasteiger partial charge in [0.1, 0.15) is 0 Å². The Bertz CT molecular complexity index is 175. The van der Waals surface area contributed by atoms with Crippen LogP contribution in [-0.4, -0.2) is 21.7 Å². The van der Waals surface area contributed by atoms with E-state index in [1.165, 1.54) is 0 Å². The Labute approximate surface area is 143 Å². The standard InChI is InChI=1S/2K.H2O5S2.2H/c;;1-6(2)7(3,4)5;;/h;;(H,1,2)(H,3,4,5);;/q2*+1;;2*-1. The molecule has 0 amide bonds. The maximum atomic E-state index is 9.34. The van der Waals surface area contributed by atoms with E-state index in [1.807, 2.05) is 0 Å². The summed E-state index contributed by atoms with van der Waals surface area (Å²) in [6.07, 6.45) is 0. The van der Waals surface area contributed by atoms with Crippen LogP contribution in [0, 0.1) is 0 Å². The minimum atomic E-state index is -4.71. The Hall–Kier alpha value is 3.29. The van der Waals surface area contributed by atoms with Crippen molar-refractivity contribution in [3.05, 3.63) is 0 Å². The summed E-state index contributed by atoms with van der Waals surface area (Å²) in [5.74, 6) is 0. The maximum Gasteiger partial charge on any atom is 1.00 e. The minimum Gasteiger partial charge on any atom is -1.00 e. The fourth-order valence-electron chi connectivity index (χ4n) is 0. The van der Waals surface area contributed by atoms with Crippen molar-refractivity contribution < 1.29 is 127 Å². The first-order valence-corrected chi connectivity index (χ1v) is 4.10. The van der Waals surface area contributed by atoms with Gasteiger partial charge >= 0.3 is 122 Å². The number of rotatable bonds is 1. The fourth-order valence-corrected chi connectivity index (χ4v) is 0. The third-order valence-corrected chi connectivity index (χ3v) is 1.62. The van der Waals surface area contributed by atoms with E-state index in [2.05, 4.69) is 0 Å². The average Bonchev–Trinajstić information content (AvgIpc) is 1.31. The molecule has 5 nitrogen and oxygen atoms in total. The summed E-state index contributed by atoms with van der Waals surface area (Å²) in [6.45, 7) is 0. The largest absolute Gasteiger partial charge is 1.00 e. The van der Waals surface area contributed by atoms with Gasteiger partial charge in [-0.25, -0.2) is 4.21 Å². The average molecular weight is 226 g/mol. The van der Waals surface area contributed by atoms with Crippen molar-refractivity contribution in [1.82, 2.24) is 0 Å². The molecule has 0 saturated carbocycles. The zero-order chi connectivity index (χ0) is 6.08. The third kappa shape index (κ3) is 11.3. The van der Waals surface area contributed by atoms with Gasteiger partial charge in [0.2, 0.25) is 0 Å². The topological polar surface area (TPSA) is 91.7 Å². The molecule has 0 heterocycles. The second-order valence-electron chi connectivity index (χ2n) is 0.645. The SMILES string of the molecule is O=S(O)S(=O)(=O)O.[H-].[H-].[K+].[K+]. The van der Waals surface area contributed by atoms with E-state index in [4.69, 9.17) is 9.11 Å². The summed E-state index contributed by atoms with van der Waals surface area (Å²) in [4.78, 5) is 0. The van der Waals surface area contributed by atoms with Crippen molar-refractivity contribution in [2.24, 2.45) is 0 Å². The smallest absolute Gasteiger partial charge is 1.00 e. The monoisotopic (exact) mass is 226 g/mol. The van der Waals surface area contributed by atoms with Crippen molar-refractivity contribution in [3.8, 4) is 0 Å². The molecule has 0 aliphatic rings. The van der Waals surface area contributed by atoms with Crippen LogP contribution >= 0.6 is 0 Å². The van der Waals surface area contributed by atoms with Gasteiger partial charge in [0.15, 0.2) is 0 Å². The number of hydrogen-bond donors (Lipinski definition) is 2. The molecule has 0 aromatic carbocycles. The van der Waals surface area contributed by atoms with Gasteiger partial charge in [-0.2, -0.15) is 8.42 Å². The van der Waals surface area contributed by atoms with Gasteiger partial charge < -0.3 is 2.85 Å². The van der Waals surface area contributed by atoms with Gasteiger partial charge in [-0.1, -0.05) is 0 Å². The molecular formula is H4K2O5S2. The molecule has 0 bridgehead atoms. The van der Waals surface area contributed by atoms with Gasteiger partial charge in [-0.05, 0) is 0 Å². The fraction of sp³-hybridized carbons (Fsp3) is 0. The Kier molecular flexibility index (Phi) is 16.0. The van der Waals surface area contributed by atoms with Crippen LogP contribution in [0.5, 0.6) is 0 Å². The summed E-state index contributed by atoms with van der Waals surface area (Å²) >= 11 is 0. The summed E-state index contributed by atoms with van der Waals surface area (Å²) in [7, 11) is -7.87. The van der Waals surface area contributed by atoms with Crippen molar-refractivity contribution in [2.45, 2.75) is 0 Å². The molecule has 0 aliphatic carbocycles. The molecule has 1 unspecified atom stereocenters. The van der Waals surface area contributed by atoms with E-state index in [0.29, 0.717) is 0 Å². The van der Waals surface area contributed by atoms with Crippen LogP contribution in [0.4, 0.5) is 0 Å². The molecule has 0 aliphatic heterocycles. The third-order valence-electron chi connectivity index (χ3n) is 0.180. The Morgan fingerprint density at radius 3 is 1.44 bits per heavy atom. The first kappa shape index (κ1) is 18.2. The van der Waals surface area contributed by atoms with Crippen LogP contribution in [0.1, 0.15) is 2.85 Å². The van der Waals surface area contributed by atoms with Crippen molar-refractivity contribution in [1.29, 1.82) is 0 Å². The molecule has 1 atom stereocenters. The summed E-state index contributed by atoms with van der Waals surface area (Å²) in [5, 5.41) is 0. The van der Waals surface area contributed by atoms with Gasteiger partial charge in [0, 0.05) is 0 Å². The van der Waals surface area contributed by atoms with E-state index in [1.54, 1.807) is 0 Å². The normalized spacial score (nSPS) is 12.7. The second-order valence-corrected chi connectivity index (χ2v) is 4.05. The second kappa shape index (κ2) is 7.92. The molecule has 0 radical (unpaired) electrons. The summed E-state index contributed by atoms with van der Waals surface area (Å²) < 4.78 is 43.0. The number of hydrogen-bond acceptors (Lipinski definition) is 3. The van der Waals surface area contributed by atoms with Crippen LogP contribution in [0.2, 0.25) is 0 Å². The van der Waals surface area contributed by atoms with Gasteiger partial charge in [-0.15, -0.1) is 0 Å². The predicted molar refractivity (Wildman–Crippen MR) is 24.5 cm³/mol. The first-order valence-electron chi connectivity index (χ1n) is 1.03. The van der Waals surface area contributed by atoms with Crippen molar-refractivity contribution in [2.75, 3.05) is 0 Å². The molecule has 0 aromatic heterocycles. The first-order chi connectivity index (χ1) is 2.94. The Balaban J connectivity index is -0.0000000300. The van der Waals surface area contributed by atoms with E-state index >= 15 is 0 Å². The van der Waals surface area contributed by atoms with Crippen LogP contribution in [0.25, 0.3) is 0 Å². The van der Waals surface area contributed by atoms with Crippen molar-refractivity contribution >= 4 is 19.3 Å². The maximum absolute atomic E-state index is 9.34. The molecule has 9 heavy (non-hydrogen) atoms. The molecule has 48 valence electrons. The van der Waals surface area contributed by atoms with Gasteiger partial charge in [0.25, 0.3) is 0 Å². The van der Waals surface area contributed by atoms with Gasteiger partial charge in [-0.3, -0.25) is 9.11 Å². The van der Waals surface area contributed by atoms with Crippen LogP contribution in [0.3, 0.4) is 0 Å². The Morgan fingerprint density at radius 2 is 1.44 bits per heavy atom. The van der Waals surface area contributed by atoms with Gasteiger partial charge in [0.05, 0.1) is 0 Å². The Morgan fingerprint density at radius 1 is 1.33 bits per heavy atom. The van der Waals surface area contributed by atoms with Crippen LogP contribution in [0.15, 0.2) is 0 Å². The molecule has 0 aromatic rings. The van der Waals surface area contributed by atoms with E-state index in [-0.39, 0.29) is 106 Å². The molecule has 2 N–H and O–H groups in total. The van der Waals surface area contributed by atoms with Crippen LogP contribution < -0.4 is 103 Å². The molecule has 0 spiro atoms. The van der Waals surface area contributed by atoms with E-state index in [0.717, 1.165) is 0 Å². The zero-order valence-electron chi connectivity index (χ0n) is 6.94. The summed E-state index contributed by atoms with van der Waals surface area (Å²) in [5.41, 5.74) is 0. The molecular weight excluding hydrogens is 222 g/mol. The zero-order valence-corrected chi connectivity index (χ0v) is 12.8. The van der Waals surface area contributed by atoms with Crippen molar-refractivity contribution in [3.63, 3.8) is 0 Å². The molecule has 0 fully saturated rings. The minimum absolute atomic E-state index is 0. The van der Waals surface area contributed by atoms with E-state index < -0.39 is 19.3 Å². The molecule has 0 rings (SSSR count). The van der Waals surface area contributed by atoms with E-state index in [9.17, 15) is 12.6 Å². The molecule has 0 saturated heterocycles. The summed E-state index contributed by atoms with van der Waals surface area (Å²) in [6, 6.07) is 0. The predicted octanol–water partition coefficient (Wildman–Crippen LogP) is -6.76. The quantitative estimate of drug-likeness (QED) is 0.201. The van der Waals surface area contributed by atoms with Crippen LogP contribution in [-0.2, 0) is 19.3 Å². The molecule has 9 heteroatoms.